The Labute approximate surface area is 222 Å². The van der Waals surface area contributed by atoms with Crippen molar-refractivity contribution >= 4 is 17.2 Å². The molecule has 1 aliphatic rings. The molecule has 0 saturated heterocycles. The Bertz CT molecular complexity index is 1590. The summed E-state index contributed by atoms with van der Waals surface area (Å²) < 4.78 is 1.89. The van der Waals surface area contributed by atoms with Crippen LogP contribution >= 0.6 is 0 Å². The molecule has 0 unspecified atom stereocenters. The van der Waals surface area contributed by atoms with Gasteiger partial charge in [-0.25, -0.2) is 4.68 Å². The number of ketones is 1. The molecule has 0 aliphatic carbocycles. The van der Waals surface area contributed by atoms with E-state index in [9.17, 15) is 4.79 Å². The monoisotopic (exact) mass is 496 g/mol. The SMILES string of the molecule is CC(=O)c1c([C@@H]2[C@H](c3ccccc3)C(c3ccccc3)=NN2c2ccccc2)nn(-c2ccccc2)c1C. The maximum absolute atomic E-state index is 13.2. The number of rotatable bonds is 6. The van der Waals surface area contributed by atoms with E-state index in [0.717, 1.165) is 39.6 Å². The number of nitrogens with zero attached hydrogens (tertiary/aromatic N) is 4. The van der Waals surface area contributed by atoms with Gasteiger partial charge in [0.15, 0.2) is 5.78 Å². The summed E-state index contributed by atoms with van der Waals surface area (Å²) in [5.74, 6) is -0.150. The highest BCUT2D eigenvalue weighted by molar-refractivity contribution is 6.08. The van der Waals surface area contributed by atoms with Gasteiger partial charge in [-0.15, -0.1) is 0 Å². The van der Waals surface area contributed by atoms with E-state index in [4.69, 9.17) is 10.2 Å². The standard InChI is InChI=1S/C33H28N4O/c1-23-29(24(2)38)32(35-36(23)27-19-11-5-12-20-27)33-30(25-15-7-3-8-16-25)31(26-17-9-4-10-18-26)34-37(33)28-21-13-6-14-22-28/h3-22,30,33H,1-2H3/t30-,33+/m1/s1. The van der Waals surface area contributed by atoms with Crippen LogP contribution in [0.3, 0.4) is 0 Å². The van der Waals surface area contributed by atoms with Gasteiger partial charge in [-0.3, -0.25) is 9.80 Å². The van der Waals surface area contributed by atoms with Gasteiger partial charge < -0.3 is 0 Å². The normalized spacial score (nSPS) is 16.9. The zero-order chi connectivity index (χ0) is 26.1. The molecule has 2 atom stereocenters. The van der Waals surface area contributed by atoms with Crippen molar-refractivity contribution in [1.29, 1.82) is 0 Å². The molecule has 186 valence electrons. The van der Waals surface area contributed by atoms with Crippen LogP contribution in [-0.4, -0.2) is 21.3 Å². The molecule has 6 rings (SSSR count). The van der Waals surface area contributed by atoms with Crippen LogP contribution in [0.15, 0.2) is 126 Å². The van der Waals surface area contributed by atoms with Gasteiger partial charge in [0, 0.05) is 0 Å². The van der Waals surface area contributed by atoms with Crippen LogP contribution in [0, 0.1) is 6.92 Å². The van der Waals surface area contributed by atoms with Gasteiger partial charge >= 0.3 is 0 Å². The Morgan fingerprint density at radius 2 is 1.24 bits per heavy atom. The number of Topliss-reactive ketones (excluding diaryl/α,β-unsaturated/α-hetero) is 1. The minimum atomic E-state index is -0.322. The molecule has 0 N–H and O–H groups in total. The van der Waals surface area contributed by atoms with Gasteiger partial charge in [-0.05, 0) is 49.2 Å². The molecule has 0 spiro atoms. The quantitative estimate of drug-likeness (QED) is 0.235. The first-order chi connectivity index (χ1) is 18.6. The molecule has 1 aliphatic heterocycles. The molecule has 5 heteroatoms. The Hall–Kier alpha value is -4.77. The lowest BCUT2D eigenvalue weighted by Gasteiger charge is -2.28. The smallest absolute Gasteiger partial charge is 0.163 e. The van der Waals surface area contributed by atoms with Gasteiger partial charge in [-0.2, -0.15) is 10.2 Å². The summed E-state index contributed by atoms with van der Waals surface area (Å²) in [4.78, 5) is 13.2. The third kappa shape index (κ3) is 4.12. The summed E-state index contributed by atoms with van der Waals surface area (Å²) in [6.45, 7) is 3.60. The Morgan fingerprint density at radius 3 is 1.82 bits per heavy atom. The average Bonchev–Trinajstić information content (AvgIpc) is 3.53. The number of anilines is 1. The fourth-order valence-corrected chi connectivity index (χ4v) is 5.44. The van der Waals surface area contributed by atoms with Crippen molar-refractivity contribution in [2.24, 2.45) is 5.10 Å². The van der Waals surface area contributed by atoms with Crippen molar-refractivity contribution < 1.29 is 4.79 Å². The minimum absolute atomic E-state index is 0.00679. The first-order valence-electron chi connectivity index (χ1n) is 12.8. The van der Waals surface area contributed by atoms with Gasteiger partial charge in [0.25, 0.3) is 0 Å². The van der Waals surface area contributed by atoms with Gasteiger partial charge in [0.1, 0.15) is 6.04 Å². The first-order valence-corrected chi connectivity index (χ1v) is 12.8. The van der Waals surface area contributed by atoms with Gasteiger partial charge in [0.05, 0.1) is 40.0 Å². The molecule has 5 aromatic rings. The van der Waals surface area contributed by atoms with Crippen LogP contribution in [0.4, 0.5) is 5.69 Å². The average molecular weight is 497 g/mol. The number of carbonyl (C=O) groups excluding carboxylic acids is 1. The van der Waals surface area contributed by atoms with E-state index in [1.165, 1.54) is 0 Å². The fourth-order valence-electron chi connectivity index (χ4n) is 5.44. The summed E-state index contributed by atoms with van der Waals surface area (Å²) in [7, 11) is 0. The predicted molar refractivity (Wildman–Crippen MR) is 152 cm³/mol. The van der Waals surface area contributed by atoms with Crippen molar-refractivity contribution in [1.82, 2.24) is 9.78 Å². The highest BCUT2D eigenvalue weighted by Gasteiger charge is 2.44. The number of hydrazone groups is 1. The van der Waals surface area contributed by atoms with Crippen molar-refractivity contribution in [2.45, 2.75) is 25.8 Å². The van der Waals surface area contributed by atoms with E-state index in [2.05, 4.69) is 48.5 Å². The molecule has 5 nitrogen and oxygen atoms in total. The second-order valence-electron chi connectivity index (χ2n) is 9.51. The molecule has 2 heterocycles. The third-order valence-corrected chi connectivity index (χ3v) is 7.11. The third-order valence-electron chi connectivity index (χ3n) is 7.11. The lowest BCUT2D eigenvalue weighted by atomic mass is 9.82. The van der Waals surface area contributed by atoms with Crippen LogP contribution in [0.1, 0.15) is 51.8 Å². The number of aromatic nitrogens is 2. The fraction of sp³-hybridized carbons (Fsp3) is 0.121. The maximum Gasteiger partial charge on any atom is 0.163 e. The second-order valence-corrected chi connectivity index (χ2v) is 9.51. The molecule has 4 aromatic carbocycles. The summed E-state index contributed by atoms with van der Waals surface area (Å²) in [5, 5.41) is 12.4. The van der Waals surface area contributed by atoms with E-state index in [1.54, 1.807) is 6.92 Å². The number of hydrogen-bond donors (Lipinski definition) is 0. The summed E-state index contributed by atoms with van der Waals surface area (Å²) in [6, 6.07) is 40.5. The van der Waals surface area contributed by atoms with Crippen LogP contribution in [0.25, 0.3) is 5.69 Å². The highest BCUT2D eigenvalue weighted by Crippen LogP contribution is 2.47. The zero-order valence-corrected chi connectivity index (χ0v) is 21.4. The van der Waals surface area contributed by atoms with Crippen molar-refractivity contribution in [3.05, 3.63) is 149 Å². The Morgan fingerprint density at radius 1 is 0.711 bits per heavy atom. The summed E-state index contributed by atoms with van der Waals surface area (Å²) in [5.41, 5.74) is 7.19. The largest absolute Gasteiger partial charge is 0.294 e. The molecule has 0 fully saturated rings. The first kappa shape index (κ1) is 23.6. The van der Waals surface area contributed by atoms with E-state index < -0.39 is 0 Å². The van der Waals surface area contributed by atoms with E-state index >= 15 is 0 Å². The molecule has 0 saturated carbocycles. The number of para-hydroxylation sites is 2. The van der Waals surface area contributed by atoms with E-state index in [1.807, 2.05) is 89.4 Å². The van der Waals surface area contributed by atoms with Crippen molar-refractivity contribution in [3.63, 3.8) is 0 Å². The van der Waals surface area contributed by atoms with Crippen LogP contribution in [0.2, 0.25) is 0 Å². The maximum atomic E-state index is 13.2. The minimum Gasteiger partial charge on any atom is -0.294 e. The van der Waals surface area contributed by atoms with Crippen LogP contribution in [0.5, 0.6) is 0 Å². The molecule has 38 heavy (non-hydrogen) atoms. The van der Waals surface area contributed by atoms with Gasteiger partial charge in [-0.1, -0.05) is 97.1 Å². The van der Waals surface area contributed by atoms with E-state index in [-0.39, 0.29) is 17.7 Å². The lowest BCUT2D eigenvalue weighted by Crippen LogP contribution is -2.26. The Balaban J connectivity index is 1.63. The van der Waals surface area contributed by atoms with Crippen molar-refractivity contribution in [3.8, 4) is 5.69 Å². The molecule has 0 amide bonds. The Kier molecular flexibility index (Phi) is 6.18. The predicted octanol–water partition coefficient (Wildman–Crippen LogP) is 7.13. The van der Waals surface area contributed by atoms with Crippen molar-refractivity contribution in [2.75, 3.05) is 5.01 Å². The zero-order valence-electron chi connectivity index (χ0n) is 21.4. The molecular weight excluding hydrogens is 468 g/mol. The number of hydrogen-bond acceptors (Lipinski definition) is 4. The van der Waals surface area contributed by atoms with Gasteiger partial charge in [0.2, 0.25) is 0 Å². The molecule has 0 radical (unpaired) electrons. The molecule has 0 bridgehead atoms. The number of benzene rings is 4. The van der Waals surface area contributed by atoms with Crippen LogP contribution in [-0.2, 0) is 0 Å². The second kappa shape index (κ2) is 9.94. The van der Waals surface area contributed by atoms with Crippen LogP contribution < -0.4 is 5.01 Å². The summed E-state index contributed by atoms with van der Waals surface area (Å²) in [6.07, 6.45) is 0. The summed E-state index contributed by atoms with van der Waals surface area (Å²) >= 11 is 0. The highest BCUT2D eigenvalue weighted by atomic mass is 16.1. The molecular formula is C33H28N4O. The topological polar surface area (TPSA) is 50.5 Å². The number of carbonyl (C=O) groups is 1. The molecule has 1 aromatic heterocycles. The lowest BCUT2D eigenvalue weighted by molar-refractivity contribution is 0.101. The van der Waals surface area contributed by atoms with E-state index in [0.29, 0.717) is 5.56 Å².